The van der Waals surface area contributed by atoms with E-state index < -0.39 is 0 Å². The molecule has 3 rings (SSSR count). The summed E-state index contributed by atoms with van der Waals surface area (Å²) in [6.45, 7) is 1.09. The second-order valence-corrected chi connectivity index (χ2v) is 6.97. The molecule has 8 heteroatoms. The van der Waals surface area contributed by atoms with E-state index in [2.05, 4.69) is 9.97 Å². The number of ether oxygens (including phenoxy) is 2. The van der Waals surface area contributed by atoms with Gasteiger partial charge in [0.05, 0.1) is 41.7 Å². The lowest BCUT2D eigenvalue weighted by molar-refractivity contribution is 0.310. The Balaban J connectivity index is 1.85. The molecule has 0 fully saturated rings. The molecule has 142 valence electrons. The first kappa shape index (κ1) is 19.5. The van der Waals surface area contributed by atoms with Crippen LogP contribution in [-0.2, 0) is 13.1 Å². The molecular weight excluding hydrogens is 389 g/mol. The Kier molecular flexibility index (Phi) is 5.89. The fourth-order valence-electron chi connectivity index (χ4n) is 2.85. The number of benzene rings is 2. The van der Waals surface area contributed by atoms with Crippen LogP contribution in [0.4, 0.5) is 0 Å². The summed E-state index contributed by atoms with van der Waals surface area (Å²) in [6, 6.07) is 8.84. The Morgan fingerprint density at radius 1 is 1.04 bits per heavy atom. The van der Waals surface area contributed by atoms with Crippen LogP contribution in [0.25, 0.3) is 10.9 Å². The minimum Gasteiger partial charge on any atom is -0.493 e. The predicted octanol–water partition coefficient (Wildman–Crippen LogP) is 3.88. The normalized spacial score (nSPS) is 11.2. The number of methoxy groups -OCH3 is 2. The van der Waals surface area contributed by atoms with E-state index in [0.717, 1.165) is 5.56 Å². The van der Waals surface area contributed by atoms with Crippen LogP contribution in [0.1, 0.15) is 11.4 Å². The fourth-order valence-corrected chi connectivity index (χ4v) is 3.17. The monoisotopic (exact) mass is 407 g/mol. The SMILES string of the molecule is COc1cc2nc(CN(C)Cc3ccc(Cl)c(Cl)c3)[nH]c(=O)c2cc1OC. The molecule has 0 aliphatic heterocycles. The number of H-pyrrole nitrogens is 1. The van der Waals surface area contributed by atoms with Gasteiger partial charge in [0.25, 0.3) is 5.56 Å². The van der Waals surface area contributed by atoms with Gasteiger partial charge in [-0.1, -0.05) is 29.3 Å². The lowest BCUT2D eigenvalue weighted by Gasteiger charge is -2.17. The molecule has 0 bridgehead atoms. The van der Waals surface area contributed by atoms with Gasteiger partial charge in [-0.25, -0.2) is 4.98 Å². The molecule has 1 N–H and O–H groups in total. The van der Waals surface area contributed by atoms with Gasteiger partial charge >= 0.3 is 0 Å². The van der Waals surface area contributed by atoms with E-state index in [4.69, 9.17) is 32.7 Å². The fraction of sp³-hybridized carbons (Fsp3) is 0.263. The Hall–Kier alpha value is -2.28. The van der Waals surface area contributed by atoms with Gasteiger partial charge in [0.2, 0.25) is 0 Å². The van der Waals surface area contributed by atoms with E-state index in [1.807, 2.05) is 24.1 Å². The molecule has 0 saturated heterocycles. The van der Waals surface area contributed by atoms with Crippen LogP contribution >= 0.6 is 23.2 Å². The first-order valence-electron chi connectivity index (χ1n) is 8.18. The molecule has 0 spiro atoms. The lowest BCUT2D eigenvalue weighted by Crippen LogP contribution is -2.22. The predicted molar refractivity (Wildman–Crippen MR) is 107 cm³/mol. The Morgan fingerprint density at radius 2 is 1.74 bits per heavy atom. The molecule has 6 nitrogen and oxygen atoms in total. The van der Waals surface area contributed by atoms with Gasteiger partial charge in [-0.05, 0) is 30.8 Å². The summed E-state index contributed by atoms with van der Waals surface area (Å²) in [6.07, 6.45) is 0. The summed E-state index contributed by atoms with van der Waals surface area (Å²) in [7, 11) is 5.00. The van der Waals surface area contributed by atoms with Crippen LogP contribution in [0.2, 0.25) is 10.0 Å². The second-order valence-electron chi connectivity index (χ2n) is 6.16. The zero-order valence-electron chi connectivity index (χ0n) is 15.2. The zero-order chi connectivity index (χ0) is 19.6. The van der Waals surface area contributed by atoms with Gasteiger partial charge in [0.15, 0.2) is 11.5 Å². The van der Waals surface area contributed by atoms with Gasteiger partial charge in [-0.3, -0.25) is 9.69 Å². The van der Waals surface area contributed by atoms with Crippen LogP contribution in [0, 0.1) is 0 Å². The van der Waals surface area contributed by atoms with Crippen molar-refractivity contribution in [3.05, 3.63) is 62.1 Å². The Bertz CT molecular complexity index is 1040. The molecule has 0 saturated carbocycles. The number of hydrogen-bond donors (Lipinski definition) is 1. The molecule has 1 aromatic heterocycles. The third kappa shape index (κ3) is 4.35. The quantitative estimate of drug-likeness (QED) is 0.671. The van der Waals surface area contributed by atoms with Crippen LogP contribution < -0.4 is 15.0 Å². The van der Waals surface area contributed by atoms with Crippen LogP contribution in [0.5, 0.6) is 11.5 Å². The maximum Gasteiger partial charge on any atom is 0.258 e. The molecule has 1 heterocycles. The summed E-state index contributed by atoms with van der Waals surface area (Å²) in [5.41, 5.74) is 1.34. The van der Waals surface area contributed by atoms with Gasteiger partial charge in [-0.15, -0.1) is 0 Å². The van der Waals surface area contributed by atoms with Crippen molar-refractivity contribution in [3.63, 3.8) is 0 Å². The Morgan fingerprint density at radius 3 is 2.41 bits per heavy atom. The number of halogens is 2. The van der Waals surface area contributed by atoms with Crippen molar-refractivity contribution in [1.29, 1.82) is 0 Å². The van der Waals surface area contributed by atoms with E-state index in [0.29, 0.717) is 51.4 Å². The minimum absolute atomic E-state index is 0.223. The highest BCUT2D eigenvalue weighted by molar-refractivity contribution is 6.42. The van der Waals surface area contributed by atoms with Crippen molar-refractivity contribution in [2.45, 2.75) is 13.1 Å². The second kappa shape index (κ2) is 8.17. The number of fused-ring (bicyclic) bond motifs is 1. The summed E-state index contributed by atoms with van der Waals surface area (Å²) >= 11 is 12.0. The Labute approximate surface area is 166 Å². The third-order valence-electron chi connectivity index (χ3n) is 4.12. The molecule has 3 aromatic rings. The van der Waals surface area contributed by atoms with Crippen LogP contribution in [0.15, 0.2) is 35.1 Å². The van der Waals surface area contributed by atoms with Crippen molar-refractivity contribution in [1.82, 2.24) is 14.9 Å². The molecule has 0 unspecified atom stereocenters. The van der Waals surface area contributed by atoms with Crippen molar-refractivity contribution in [2.75, 3.05) is 21.3 Å². The van der Waals surface area contributed by atoms with E-state index >= 15 is 0 Å². The number of rotatable bonds is 6. The number of nitrogens with zero attached hydrogens (tertiary/aromatic N) is 2. The zero-order valence-corrected chi connectivity index (χ0v) is 16.7. The van der Waals surface area contributed by atoms with Gasteiger partial charge in [-0.2, -0.15) is 0 Å². The van der Waals surface area contributed by atoms with E-state index in [1.54, 1.807) is 25.3 Å². The smallest absolute Gasteiger partial charge is 0.258 e. The van der Waals surface area contributed by atoms with E-state index in [1.165, 1.54) is 7.11 Å². The standard InChI is InChI=1S/C19H19Cl2N3O3/c1-24(9-11-4-5-13(20)14(21)6-11)10-18-22-15-8-17(27-3)16(26-2)7-12(15)19(25)23-18/h4-8H,9-10H2,1-3H3,(H,22,23,25). The first-order valence-corrected chi connectivity index (χ1v) is 8.94. The average Bonchev–Trinajstić information content (AvgIpc) is 2.63. The van der Waals surface area contributed by atoms with Gasteiger partial charge < -0.3 is 14.5 Å². The molecule has 0 radical (unpaired) electrons. The first-order chi connectivity index (χ1) is 12.9. The van der Waals surface area contributed by atoms with Crippen LogP contribution in [-0.4, -0.2) is 36.1 Å². The van der Waals surface area contributed by atoms with E-state index in [9.17, 15) is 4.79 Å². The molecule has 0 aliphatic carbocycles. The summed E-state index contributed by atoms with van der Waals surface area (Å²) in [4.78, 5) is 21.8. The number of hydrogen-bond acceptors (Lipinski definition) is 5. The highest BCUT2D eigenvalue weighted by Crippen LogP contribution is 2.30. The van der Waals surface area contributed by atoms with Gasteiger partial charge in [0, 0.05) is 12.6 Å². The van der Waals surface area contributed by atoms with Crippen molar-refractivity contribution < 1.29 is 9.47 Å². The maximum absolute atomic E-state index is 12.4. The molecule has 27 heavy (non-hydrogen) atoms. The molecule has 0 amide bonds. The van der Waals surface area contributed by atoms with Gasteiger partial charge in [0.1, 0.15) is 5.82 Å². The third-order valence-corrected chi connectivity index (χ3v) is 4.85. The molecule has 0 aliphatic rings. The average molecular weight is 408 g/mol. The molecular formula is C19H19Cl2N3O3. The van der Waals surface area contributed by atoms with Crippen LogP contribution in [0.3, 0.4) is 0 Å². The minimum atomic E-state index is -0.223. The maximum atomic E-state index is 12.4. The number of aromatic amines is 1. The summed E-state index contributed by atoms with van der Waals surface area (Å²) in [5.74, 6) is 1.57. The number of aromatic nitrogens is 2. The lowest BCUT2D eigenvalue weighted by atomic mass is 10.2. The largest absolute Gasteiger partial charge is 0.493 e. The summed E-state index contributed by atoms with van der Waals surface area (Å²) < 4.78 is 10.5. The van der Waals surface area contributed by atoms with E-state index in [-0.39, 0.29) is 5.56 Å². The molecule has 2 aromatic carbocycles. The van der Waals surface area contributed by atoms with Crippen molar-refractivity contribution in [3.8, 4) is 11.5 Å². The number of nitrogens with one attached hydrogen (secondary N) is 1. The molecule has 0 atom stereocenters. The highest BCUT2D eigenvalue weighted by Gasteiger charge is 2.12. The van der Waals surface area contributed by atoms with Crippen molar-refractivity contribution in [2.24, 2.45) is 0 Å². The summed E-state index contributed by atoms with van der Waals surface area (Å²) in [5, 5.41) is 1.48. The topological polar surface area (TPSA) is 67.5 Å². The van der Waals surface area contributed by atoms with Crippen molar-refractivity contribution >= 4 is 34.1 Å². The highest BCUT2D eigenvalue weighted by atomic mass is 35.5.